The summed E-state index contributed by atoms with van der Waals surface area (Å²) >= 11 is 0. The molecule has 0 aromatic heterocycles. The molecule has 0 fully saturated rings. The van der Waals surface area contributed by atoms with E-state index in [-0.39, 0.29) is 12.4 Å². The molecule has 0 spiro atoms. The second-order valence-corrected chi connectivity index (χ2v) is 7.55. The van der Waals surface area contributed by atoms with Gasteiger partial charge in [-0.2, -0.15) is 4.89 Å². The lowest BCUT2D eigenvalue weighted by Crippen LogP contribution is -2.16. The molecule has 0 saturated heterocycles. The lowest BCUT2D eigenvalue weighted by molar-refractivity contribution is -0.224. The van der Waals surface area contributed by atoms with Crippen LogP contribution >= 0.6 is 0 Å². The monoisotopic (exact) mass is 380 g/mol. The van der Waals surface area contributed by atoms with Gasteiger partial charge < -0.3 is 15.1 Å². The quantitative estimate of drug-likeness (QED) is 0.172. The minimum absolute atomic E-state index is 0.128. The third-order valence-corrected chi connectivity index (χ3v) is 4.87. The molecule has 1 aromatic carbocycles. The van der Waals surface area contributed by atoms with Crippen LogP contribution in [0.15, 0.2) is 24.3 Å². The van der Waals surface area contributed by atoms with Crippen molar-refractivity contribution in [1.82, 2.24) is 0 Å². The van der Waals surface area contributed by atoms with Crippen molar-refractivity contribution in [2.24, 2.45) is 0 Å². The summed E-state index contributed by atoms with van der Waals surface area (Å²) < 4.78 is 0. The van der Waals surface area contributed by atoms with Gasteiger partial charge in [0.05, 0.1) is 6.10 Å². The summed E-state index contributed by atoms with van der Waals surface area (Å²) in [5.41, 5.74) is 0. The average Bonchev–Trinajstić information content (AvgIpc) is 2.65. The number of hydrogen-bond acceptors (Lipinski definition) is 4. The summed E-state index contributed by atoms with van der Waals surface area (Å²) in [4.78, 5) is 10.1. The van der Waals surface area contributed by atoms with Gasteiger partial charge in [-0.3, -0.25) is 0 Å². The third-order valence-electron chi connectivity index (χ3n) is 4.87. The molecule has 0 bridgehead atoms. The van der Waals surface area contributed by atoms with Gasteiger partial charge in [0.1, 0.15) is 12.4 Å². The molecule has 0 aliphatic heterocycles. The highest BCUT2D eigenvalue weighted by Crippen LogP contribution is 2.18. The number of unbranched alkanes of at least 4 members (excludes halogenated alkanes) is 12. The smallest absolute Gasteiger partial charge is 0.169 e. The lowest BCUT2D eigenvalue weighted by atomic mass is 10.0. The Hall–Kier alpha value is -1.26. The van der Waals surface area contributed by atoms with Crippen LogP contribution in [-0.2, 0) is 4.89 Å². The van der Waals surface area contributed by atoms with Gasteiger partial charge in [-0.05, 0) is 18.6 Å². The van der Waals surface area contributed by atoms with Crippen molar-refractivity contribution in [2.75, 3.05) is 6.61 Å². The van der Waals surface area contributed by atoms with Crippen LogP contribution in [0, 0.1) is 0 Å². The molecule has 0 aliphatic carbocycles. The van der Waals surface area contributed by atoms with Gasteiger partial charge in [0, 0.05) is 6.07 Å². The highest BCUT2D eigenvalue weighted by atomic mass is 17.2. The first-order chi connectivity index (χ1) is 13.2. The summed E-state index contributed by atoms with van der Waals surface area (Å²) in [7, 11) is 0. The van der Waals surface area contributed by atoms with E-state index in [1.807, 2.05) is 0 Å². The highest BCUT2D eigenvalue weighted by molar-refractivity contribution is 5.31. The van der Waals surface area contributed by atoms with E-state index in [9.17, 15) is 10.2 Å². The maximum Gasteiger partial charge on any atom is 0.169 e. The topological polar surface area (TPSA) is 58.9 Å². The van der Waals surface area contributed by atoms with E-state index in [2.05, 4.69) is 6.92 Å². The lowest BCUT2D eigenvalue weighted by Gasteiger charge is -2.11. The van der Waals surface area contributed by atoms with Gasteiger partial charge in [0.15, 0.2) is 5.75 Å². The Balaban J connectivity index is 1.82. The Morgan fingerprint density at radius 3 is 1.93 bits per heavy atom. The Morgan fingerprint density at radius 2 is 1.37 bits per heavy atom. The second kappa shape index (κ2) is 16.9. The van der Waals surface area contributed by atoms with Crippen LogP contribution in [0.25, 0.3) is 0 Å². The minimum Gasteiger partial charge on any atom is -0.508 e. The molecule has 1 aromatic rings. The fourth-order valence-corrected chi connectivity index (χ4v) is 3.20. The molecule has 156 valence electrons. The zero-order valence-electron chi connectivity index (χ0n) is 17.2. The van der Waals surface area contributed by atoms with E-state index in [1.165, 1.54) is 83.1 Å². The number of aliphatic hydroxyl groups excluding tert-OH is 1. The third kappa shape index (κ3) is 14.5. The van der Waals surface area contributed by atoms with Crippen LogP contribution in [0.2, 0.25) is 0 Å². The van der Waals surface area contributed by atoms with Gasteiger partial charge in [0.25, 0.3) is 0 Å². The van der Waals surface area contributed by atoms with Crippen molar-refractivity contribution >= 4 is 0 Å². The predicted octanol–water partition coefficient (Wildman–Crippen LogP) is 6.54. The highest BCUT2D eigenvalue weighted by Gasteiger charge is 2.06. The summed E-state index contributed by atoms with van der Waals surface area (Å²) in [6, 6.07) is 6.41. The number of benzene rings is 1. The average molecular weight is 381 g/mol. The van der Waals surface area contributed by atoms with Crippen molar-refractivity contribution in [1.29, 1.82) is 0 Å². The number of aromatic hydroxyl groups is 1. The van der Waals surface area contributed by atoms with Gasteiger partial charge in [0.2, 0.25) is 0 Å². The molecule has 4 nitrogen and oxygen atoms in total. The number of aliphatic hydroxyl groups is 1. The van der Waals surface area contributed by atoms with Gasteiger partial charge in [-0.15, -0.1) is 0 Å². The van der Waals surface area contributed by atoms with Crippen LogP contribution in [0.4, 0.5) is 0 Å². The fourth-order valence-electron chi connectivity index (χ4n) is 3.20. The maximum absolute atomic E-state index is 9.90. The van der Waals surface area contributed by atoms with Crippen LogP contribution in [0.3, 0.4) is 0 Å². The van der Waals surface area contributed by atoms with Crippen molar-refractivity contribution in [2.45, 2.75) is 103 Å². The van der Waals surface area contributed by atoms with E-state index < -0.39 is 6.10 Å². The first kappa shape index (κ1) is 23.8. The Morgan fingerprint density at radius 1 is 0.815 bits per heavy atom. The molecule has 0 amide bonds. The van der Waals surface area contributed by atoms with Gasteiger partial charge >= 0.3 is 0 Å². The van der Waals surface area contributed by atoms with Crippen LogP contribution in [-0.4, -0.2) is 22.9 Å². The van der Waals surface area contributed by atoms with Crippen molar-refractivity contribution in [3.8, 4) is 11.5 Å². The van der Waals surface area contributed by atoms with Gasteiger partial charge in [-0.1, -0.05) is 96.5 Å². The number of hydrogen-bond donors (Lipinski definition) is 2. The van der Waals surface area contributed by atoms with Crippen molar-refractivity contribution in [3.05, 3.63) is 24.3 Å². The van der Waals surface area contributed by atoms with Gasteiger partial charge in [-0.25, -0.2) is 0 Å². The largest absolute Gasteiger partial charge is 0.508 e. The summed E-state index contributed by atoms with van der Waals surface area (Å²) in [5.74, 6) is 0.562. The zero-order chi connectivity index (χ0) is 19.6. The Labute approximate surface area is 165 Å². The molecule has 0 radical (unpaired) electrons. The molecule has 1 unspecified atom stereocenters. The maximum atomic E-state index is 9.90. The molecule has 2 N–H and O–H groups in total. The molecular weight excluding hydrogens is 340 g/mol. The molecule has 4 heteroatoms. The summed E-state index contributed by atoms with van der Waals surface area (Å²) in [5, 5.41) is 19.2. The minimum atomic E-state index is -0.505. The number of phenols is 1. The van der Waals surface area contributed by atoms with E-state index in [0.29, 0.717) is 5.75 Å². The molecule has 1 rings (SSSR count). The Kier molecular flexibility index (Phi) is 14.9. The predicted molar refractivity (Wildman–Crippen MR) is 111 cm³/mol. The molecule has 27 heavy (non-hydrogen) atoms. The fraction of sp³-hybridized carbons (Fsp3) is 0.739. The summed E-state index contributed by atoms with van der Waals surface area (Å²) in [6.45, 7) is 2.41. The first-order valence-electron chi connectivity index (χ1n) is 11.0. The zero-order valence-corrected chi connectivity index (χ0v) is 17.2. The normalized spacial score (nSPS) is 12.2. The SMILES string of the molecule is CCCCCCCCCCCCCCCC(O)COOc1cccc(O)c1. The molecule has 0 heterocycles. The van der Waals surface area contributed by atoms with E-state index in [0.717, 1.165) is 12.8 Å². The second-order valence-electron chi connectivity index (χ2n) is 7.55. The van der Waals surface area contributed by atoms with Crippen molar-refractivity contribution in [3.63, 3.8) is 0 Å². The summed E-state index contributed by atoms with van der Waals surface area (Å²) in [6.07, 6.45) is 17.5. The van der Waals surface area contributed by atoms with Crippen LogP contribution in [0.5, 0.6) is 11.5 Å². The Bertz CT molecular complexity index is 450. The molecule has 0 saturated carbocycles. The van der Waals surface area contributed by atoms with Crippen LogP contribution in [0.1, 0.15) is 96.8 Å². The molecular formula is C23H40O4. The van der Waals surface area contributed by atoms with E-state index >= 15 is 0 Å². The molecule has 1 atom stereocenters. The standard InChI is InChI=1S/C23H40O4/c1-2-3-4-5-6-7-8-9-10-11-12-13-14-16-22(25)20-26-27-23-18-15-17-21(24)19-23/h15,17-19,22,24-25H,2-14,16,20H2,1H3. The number of phenolic OH excluding ortho intramolecular Hbond substituents is 1. The van der Waals surface area contributed by atoms with Crippen molar-refractivity contribution < 1.29 is 20.0 Å². The first-order valence-corrected chi connectivity index (χ1v) is 11.0. The van der Waals surface area contributed by atoms with E-state index in [1.54, 1.807) is 18.2 Å². The molecule has 0 aliphatic rings. The van der Waals surface area contributed by atoms with Crippen LogP contribution < -0.4 is 4.89 Å². The number of rotatable bonds is 18. The van der Waals surface area contributed by atoms with E-state index in [4.69, 9.17) is 9.78 Å².